The van der Waals surface area contributed by atoms with Crippen molar-refractivity contribution in [1.29, 1.82) is 0 Å². The van der Waals surface area contributed by atoms with E-state index in [9.17, 15) is 15.2 Å². The molecule has 1 N–H and O–H groups in total. The van der Waals surface area contributed by atoms with Crippen LogP contribution in [0.3, 0.4) is 0 Å². The number of non-ortho nitro benzene ring substituents is 1. The summed E-state index contributed by atoms with van der Waals surface area (Å²) in [5.74, 6) is 0.607. The SMILES string of the molecule is CN1C[C@H](O)CC1COc1ccc([N+](=O)[O-])cc1. The van der Waals surface area contributed by atoms with E-state index in [0.717, 1.165) is 0 Å². The largest absolute Gasteiger partial charge is 0.492 e. The molecular formula is C12H16N2O4. The van der Waals surface area contributed by atoms with Gasteiger partial charge in [-0.2, -0.15) is 0 Å². The van der Waals surface area contributed by atoms with E-state index >= 15 is 0 Å². The number of hydrogen-bond donors (Lipinski definition) is 1. The molecule has 1 fully saturated rings. The number of nitro groups is 1. The molecule has 1 aliphatic rings. The van der Waals surface area contributed by atoms with E-state index in [1.807, 2.05) is 7.05 Å². The van der Waals surface area contributed by atoms with Crippen LogP contribution in [-0.4, -0.2) is 47.3 Å². The first-order chi connectivity index (χ1) is 8.56. The van der Waals surface area contributed by atoms with E-state index in [1.165, 1.54) is 12.1 Å². The van der Waals surface area contributed by atoms with E-state index in [1.54, 1.807) is 12.1 Å². The van der Waals surface area contributed by atoms with Crippen LogP contribution in [0.15, 0.2) is 24.3 Å². The lowest BCUT2D eigenvalue weighted by Gasteiger charge is -2.19. The maximum absolute atomic E-state index is 10.5. The standard InChI is InChI=1S/C12H16N2O4/c1-13-7-11(15)6-10(13)8-18-12-4-2-9(3-5-12)14(16)17/h2-5,10-11,15H,6-8H2,1H3/t10?,11-/m1/s1. The second kappa shape index (κ2) is 5.32. The predicted molar refractivity (Wildman–Crippen MR) is 65.6 cm³/mol. The van der Waals surface area contributed by atoms with Crippen LogP contribution in [0.5, 0.6) is 5.75 Å². The van der Waals surface area contributed by atoms with Gasteiger partial charge in [0.2, 0.25) is 0 Å². The number of aliphatic hydroxyl groups is 1. The fourth-order valence-electron chi connectivity index (χ4n) is 2.10. The first-order valence-corrected chi connectivity index (χ1v) is 5.82. The van der Waals surface area contributed by atoms with Gasteiger partial charge in [-0.25, -0.2) is 0 Å². The van der Waals surface area contributed by atoms with E-state index in [-0.39, 0.29) is 17.8 Å². The lowest BCUT2D eigenvalue weighted by atomic mass is 10.2. The fourth-order valence-corrected chi connectivity index (χ4v) is 2.10. The van der Waals surface area contributed by atoms with Gasteiger partial charge in [0.05, 0.1) is 11.0 Å². The molecule has 2 rings (SSSR count). The number of rotatable bonds is 4. The van der Waals surface area contributed by atoms with E-state index in [2.05, 4.69) is 4.90 Å². The molecule has 1 unspecified atom stereocenters. The zero-order valence-electron chi connectivity index (χ0n) is 10.2. The Balaban J connectivity index is 1.88. The number of nitrogens with zero attached hydrogens (tertiary/aromatic N) is 2. The summed E-state index contributed by atoms with van der Waals surface area (Å²) in [6.07, 6.45) is 0.407. The highest BCUT2D eigenvalue weighted by Gasteiger charge is 2.28. The molecule has 0 bridgehead atoms. The number of aliphatic hydroxyl groups excluding tert-OH is 1. The van der Waals surface area contributed by atoms with Crippen molar-refractivity contribution < 1.29 is 14.8 Å². The Hall–Kier alpha value is -1.66. The van der Waals surface area contributed by atoms with Crippen LogP contribution < -0.4 is 4.74 Å². The molecule has 2 atom stereocenters. The zero-order valence-corrected chi connectivity index (χ0v) is 10.2. The van der Waals surface area contributed by atoms with Crippen molar-refractivity contribution in [3.05, 3.63) is 34.4 Å². The Morgan fingerprint density at radius 1 is 1.50 bits per heavy atom. The van der Waals surface area contributed by atoms with Gasteiger partial charge >= 0.3 is 0 Å². The number of β-amino-alcohol motifs (C(OH)–C–C–N with tert-alkyl or cyclic N) is 1. The minimum absolute atomic E-state index is 0.0516. The van der Waals surface area contributed by atoms with Crippen LogP contribution in [0.4, 0.5) is 5.69 Å². The Morgan fingerprint density at radius 3 is 2.67 bits per heavy atom. The molecule has 0 amide bonds. The number of likely N-dealkylation sites (tertiary alicyclic amines) is 1. The Labute approximate surface area is 105 Å². The van der Waals surface area contributed by atoms with Crippen LogP contribution in [-0.2, 0) is 0 Å². The first kappa shape index (κ1) is 12.8. The second-order valence-corrected chi connectivity index (χ2v) is 4.54. The minimum Gasteiger partial charge on any atom is -0.492 e. The highest BCUT2D eigenvalue weighted by Crippen LogP contribution is 2.20. The lowest BCUT2D eigenvalue weighted by molar-refractivity contribution is -0.384. The quantitative estimate of drug-likeness (QED) is 0.640. The van der Waals surface area contributed by atoms with Gasteiger partial charge in [-0.05, 0) is 25.6 Å². The maximum Gasteiger partial charge on any atom is 0.269 e. The summed E-state index contributed by atoms with van der Waals surface area (Å²) in [6, 6.07) is 6.20. The third-order valence-electron chi connectivity index (χ3n) is 3.16. The highest BCUT2D eigenvalue weighted by molar-refractivity contribution is 5.35. The van der Waals surface area contributed by atoms with Crippen molar-refractivity contribution in [2.45, 2.75) is 18.6 Å². The topological polar surface area (TPSA) is 75.8 Å². The van der Waals surface area contributed by atoms with Crippen molar-refractivity contribution in [3.63, 3.8) is 0 Å². The van der Waals surface area contributed by atoms with Gasteiger partial charge in [0, 0.05) is 24.7 Å². The molecule has 98 valence electrons. The molecule has 6 nitrogen and oxygen atoms in total. The molecule has 0 saturated carbocycles. The molecule has 0 spiro atoms. The molecule has 1 aliphatic heterocycles. The van der Waals surface area contributed by atoms with E-state index in [4.69, 9.17) is 4.74 Å². The van der Waals surface area contributed by atoms with Gasteiger partial charge in [-0.3, -0.25) is 15.0 Å². The van der Waals surface area contributed by atoms with Gasteiger partial charge < -0.3 is 9.84 Å². The van der Waals surface area contributed by atoms with Crippen molar-refractivity contribution in [3.8, 4) is 5.75 Å². The molecule has 0 aromatic heterocycles. The van der Waals surface area contributed by atoms with Crippen LogP contribution in [0.2, 0.25) is 0 Å². The van der Waals surface area contributed by atoms with E-state index < -0.39 is 4.92 Å². The van der Waals surface area contributed by atoms with Gasteiger partial charge in [-0.1, -0.05) is 0 Å². The zero-order chi connectivity index (χ0) is 13.1. The first-order valence-electron chi connectivity index (χ1n) is 5.82. The second-order valence-electron chi connectivity index (χ2n) is 4.54. The van der Waals surface area contributed by atoms with Gasteiger partial charge in [0.15, 0.2) is 0 Å². The molecule has 1 aromatic rings. The summed E-state index contributed by atoms with van der Waals surface area (Å²) in [7, 11) is 1.94. The number of nitro benzene ring substituents is 1. The van der Waals surface area contributed by atoms with Crippen LogP contribution in [0.1, 0.15) is 6.42 Å². The van der Waals surface area contributed by atoms with Crippen LogP contribution in [0.25, 0.3) is 0 Å². The fraction of sp³-hybridized carbons (Fsp3) is 0.500. The molecular weight excluding hydrogens is 236 g/mol. The summed E-state index contributed by atoms with van der Waals surface area (Å²) < 4.78 is 5.57. The molecule has 1 saturated heterocycles. The third-order valence-corrected chi connectivity index (χ3v) is 3.16. The number of ether oxygens (including phenoxy) is 1. The normalized spacial score (nSPS) is 24.1. The molecule has 0 aliphatic carbocycles. The highest BCUT2D eigenvalue weighted by atomic mass is 16.6. The number of likely N-dealkylation sites (N-methyl/N-ethyl adjacent to an activating group) is 1. The Bertz CT molecular complexity index is 421. The van der Waals surface area contributed by atoms with Gasteiger partial charge in [0.25, 0.3) is 5.69 Å². The maximum atomic E-state index is 10.5. The smallest absolute Gasteiger partial charge is 0.269 e. The van der Waals surface area contributed by atoms with Crippen LogP contribution in [0, 0.1) is 10.1 Å². The molecule has 0 radical (unpaired) electrons. The van der Waals surface area contributed by atoms with Crippen molar-refractivity contribution in [2.24, 2.45) is 0 Å². The summed E-state index contributed by atoms with van der Waals surface area (Å²) >= 11 is 0. The minimum atomic E-state index is -0.440. The Kier molecular flexibility index (Phi) is 3.78. The van der Waals surface area contributed by atoms with Crippen molar-refractivity contribution in [2.75, 3.05) is 20.2 Å². The van der Waals surface area contributed by atoms with Crippen LogP contribution >= 0.6 is 0 Å². The molecule has 1 aromatic carbocycles. The molecule has 1 heterocycles. The molecule has 6 heteroatoms. The van der Waals surface area contributed by atoms with Gasteiger partial charge in [-0.15, -0.1) is 0 Å². The molecule has 18 heavy (non-hydrogen) atoms. The predicted octanol–water partition coefficient (Wildman–Crippen LogP) is 1.04. The lowest BCUT2D eigenvalue weighted by Crippen LogP contribution is -2.30. The van der Waals surface area contributed by atoms with Crippen molar-refractivity contribution in [1.82, 2.24) is 4.90 Å². The number of benzene rings is 1. The monoisotopic (exact) mass is 252 g/mol. The van der Waals surface area contributed by atoms with Crippen molar-refractivity contribution >= 4 is 5.69 Å². The average molecular weight is 252 g/mol. The number of hydrogen-bond acceptors (Lipinski definition) is 5. The average Bonchev–Trinajstić information content (AvgIpc) is 2.66. The summed E-state index contributed by atoms with van der Waals surface area (Å²) in [4.78, 5) is 12.1. The summed E-state index contributed by atoms with van der Waals surface area (Å²) in [6.45, 7) is 1.14. The summed E-state index contributed by atoms with van der Waals surface area (Å²) in [5, 5.41) is 20.0. The van der Waals surface area contributed by atoms with E-state index in [0.29, 0.717) is 25.3 Å². The summed E-state index contributed by atoms with van der Waals surface area (Å²) in [5.41, 5.74) is 0.0516. The third kappa shape index (κ3) is 2.96. The van der Waals surface area contributed by atoms with Gasteiger partial charge in [0.1, 0.15) is 12.4 Å². The Morgan fingerprint density at radius 2 is 2.17 bits per heavy atom.